The fourth-order valence-electron chi connectivity index (χ4n) is 3.00. The molecule has 1 saturated carbocycles. The molecule has 2 aliphatic rings. The Morgan fingerprint density at radius 1 is 1.33 bits per heavy atom. The summed E-state index contributed by atoms with van der Waals surface area (Å²) in [4.78, 5) is 4.98. The van der Waals surface area contributed by atoms with E-state index in [1.54, 1.807) is 0 Å². The zero-order valence-corrected chi connectivity index (χ0v) is 12.0. The van der Waals surface area contributed by atoms with E-state index in [1.165, 1.54) is 12.8 Å². The number of hydrogen-bond donors (Lipinski definition) is 2. The number of aliphatic hydroxyl groups excluding tert-OH is 1. The highest BCUT2D eigenvalue weighted by atomic mass is 16.3. The minimum Gasteiger partial charge on any atom is -0.394 e. The van der Waals surface area contributed by atoms with Gasteiger partial charge in [0, 0.05) is 32.2 Å². The van der Waals surface area contributed by atoms with Crippen LogP contribution in [-0.4, -0.2) is 72.4 Å². The molecule has 2 fully saturated rings. The van der Waals surface area contributed by atoms with Crippen LogP contribution >= 0.6 is 0 Å². The van der Waals surface area contributed by atoms with Gasteiger partial charge in [-0.15, -0.1) is 0 Å². The van der Waals surface area contributed by atoms with Gasteiger partial charge in [-0.25, -0.2) is 0 Å². The largest absolute Gasteiger partial charge is 0.394 e. The Morgan fingerprint density at radius 3 is 2.61 bits per heavy atom. The van der Waals surface area contributed by atoms with E-state index in [0.717, 1.165) is 51.7 Å². The maximum absolute atomic E-state index is 9.71. The van der Waals surface area contributed by atoms with Crippen molar-refractivity contribution in [1.29, 1.82) is 0 Å². The number of hydrogen-bond acceptors (Lipinski definition) is 4. The summed E-state index contributed by atoms with van der Waals surface area (Å²) in [6, 6.07) is 0.822. The lowest BCUT2D eigenvalue weighted by Gasteiger charge is -2.30. The number of likely N-dealkylation sites (N-methyl/N-ethyl adjacent to an activating group) is 1. The minimum absolute atomic E-state index is 0.0320. The number of likely N-dealkylation sites (tertiary alicyclic amines) is 1. The summed E-state index contributed by atoms with van der Waals surface area (Å²) in [7, 11) is 0. The third-order valence-corrected chi connectivity index (χ3v) is 4.57. The predicted octanol–water partition coefficient (Wildman–Crippen LogP) is 0.517. The van der Waals surface area contributed by atoms with Gasteiger partial charge in [-0.3, -0.25) is 4.90 Å². The van der Waals surface area contributed by atoms with Gasteiger partial charge in [-0.2, -0.15) is 0 Å². The first-order chi connectivity index (χ1) is 8.73. The normalized spacial score (nSPS) is 29.3. The Morgan fingerprint density at radius 2 is 2.06 bits per heavy atom. The van der Waals surface area contributed by atoms with Crippen molar-refractivity contribution in [3.05, 3.63) is 0 Å². The summed E-state index contributed by atoms with van der Waals surface area (Å²) >= 11 is 0. The molecular weight excluding hydrogens is 226 g/mol. The van der Waals surface area contributed by atoms with Crippen LogP contribution in [0.5, 0.6) is 0 Å². The van der Waals surface area contributed by atoms with Crippen molar-refractivity contribution in [2.24, 2.45) is 0 Å². The molecule has 1 saturated heterocycles. The molecule has 18 heavy (non-hydrogen) atoms. The molecule has 1 heterocycles. The molecule has 4 heteroatoms. The Labute approximate surface area is 111 Å². The second-order valence-electron chi connectivity index (χ2n) is 5.84. The highest BCUT2D eigenvalue weighted by Crippen LogP contribution is 2.33. The lowest BCUT2D eigenvalue weighted by atomic mass is 10.00. The molecule has 0 amide bonds. The zero-order chi connectivity index (χ0) is 13.0. The standard InChI is InChI=1S/C14H29N3O/c1-3-16(4-2)10-8-15-14(12-18)7-9-17(11-14)13-5-6-13/h13,15,18H,3-12H2,1-2H3. The molecule has 0 bridgehead atoms. The Bertz CT molecular complexity index is 253. The first-order valence-corrected chi connectivity index (χ1v) is 7.55. The number of rotatable bonds is 8. The average molecular weight is 255 g/mol. The summed E-state index contributed by atoms with van der Waals surface area (Å²) in [6.45, 7) is 11.2. The van der Waals surface area contributed by atoms with E-state index in [0.29, 0.717) is 0 Å². The van der Waals surface area contributed by atoms with Gasteiger partial charge in [0.05, 0.1) is 12.1 Å². The van der Waals surface area contributed by atoms with Crippen molar-refractivity contribution in [2.45, 2.75) is 44.7 Å². The van der Waals surface area contributed by atoms with Gasteiger partial charge in [0.2, 0.25) is 0 Å². The molecule has 1 aliphatic heterocycles. The summed E-state index contributed by atoms with van der Waals surface area (Å²) in [6.07, 6.45) is 3.82. The maximum Gasteiger partial charge on any atom is 0.0626 e. The molecule has 1 atom stereocenters. The monoisotopic (exact) mass is 255 g/mol. The van der Waals surface area contributed by atoms with Gasteiger partial charge < -0.3 is 15.3 Å². The van der Waals surface area contributed by atoms with E-state index in [-0.39, 0.29) is 12.1 Å². The Balaban J connectivity index is 1.74. The van der Waals surface area contributed by atoms with E-state index in [2.05, 4.69) is 29.0 Å². The van der Waals surface area contributed by atoms with Crippen LogP contribution in [0.3, 0.4) is 0 Å². The smallest absolute Gasteiger partial charge is 0.0626 e. The van der Waals surface area contributed by atoms with Crippen LogP contribution in [0.25, 0.3) is 0 Å². The lowest BCUT2D eigenvalue weighted by molar-refractivity contribution is 0.154. The molecule has 106 valence electrons. The Hall–Kier alpha value is -0.160. The fraction of sp³-hybridized carbons (Fsp3) is 1.00. The van der Waals surface area contributed by atoms with Gasteiger partial charge in [-0.05, 0) is 32.4 Å². The molecule has 0 spiro atoms. The molecule has 0 aromatic heterocycles. The van der Waals surface area contributed by atoms with Crippen LogP contribution in [0.1, 0.15) is 33.1 Å². The second-order valence-corrected chi connectivity index (χ2v) is 5.84. The van der Waals surface area contributed by atoms with Crippen LogP contribution in [0.4, 0.5) is 0 Å². The third-order valence-electron chi connectivity index (χ3n) is 4.57. The fourth-order valence-corrected chi connectivity index (χ4v) is 3.00. The lowest BCUT2D eigenvalue weighted by Crippen LogP contribution is -2.52. The average Bonchev–Trinajstić information content (AvgIpc) is 3.17. The highest BCUT2D eigenvalue weighted by molar-refractivity contribution is 5.01. The number of nitrogens with zero attached hydrogens (tertiary/aromatic N) is 2. The number of aliphatic hydroxyl groups is 1. The van der Waals surface area contributed by atoms with Gasteiger partial charge in [-0.1, -0.05) is 13.8 Å². The molecule has 1 unspecified atom stereocenters. The van der Waals surface area contributed by atoms with Crippen molar-refractivity contribution in [1.82, 2.24) is 15.1 Å². The van der Waals surface area contributed by atoms with Crippen LogP contribution in [0.15, 0.2) is 0 Å². The molecule has 0 aromatic carbocycles. The summed E-state index contributed by atoms with van der Waals surface area (Å²) in [5.41, 5.74) is -0.0320. The SMILES string of the molecule is CCN(CC)CCNC1(CO)CCN(C2CC2)C1. The van der Waals surface area contributed by atoms with E-state index >= 15 is 0 Å². The van der Waals surface area contributed by atoms with Crippen LogP contribution in [0, 0.1) is 0 Å². The van der Waals surface area contributed by atoms with Crippen molar-refractivity contribution in [3.63, 3.8) is 0 Å². The third kappa shape index (κ3) is 3.44. The quantitative estimate of drug-likeness (QED) is 0.663. The molecule has 0 aromatic rings. The van der Waals surface area contributed by atoms with Gasteiger partial charge >= 0.3 is 0 Å². The van der Waals surface area contributed by atoms with Crippen molar-refractivity contribution >= 4 is 0 Å². The summed E-state index contributed by atoms with van der Waals surface area (Å²) in [5.74, 6) is 0. The van der Waals surface area contributed by atoms with E-state index < -0.39 is 0 Å². The molecule has 4 nitrogen and oxygen atoms in total. The van der Waals surface area contributed by atoms with Crippen LogP contribution in [-0.2, 0) is 0 Å². The van der Waals surface area contributed by atoms with Crippen LogP contribution in [0.2, 0.25) is 0 Å². The van der Waals surface area contributed by atoms with Crippen molar-refractivity contribution in [3.8, 4) is 0 Å². The van der Waals surface area contributed by atoms with Crippen molar-refractivity contribution < 1.29 is 5.11 Å². The predicted molar refractivity (Wildman–Crippen MR) is 74.8 cm³/mol. The maximum atomic E-state index is 9.71. The van der Waals surface area contributed by atoms with Gasteiger partial charge in [0.1, 0.15) is 0 Å². The summed E-state index contributed by atoms with van der Waals surface area (Å²) < 4.78 is 0. The number of nitrogens with one attached hydrogen (secondary N) is 1. The van der Waals surface area contributed by atoms with E-state index in [1.807, 2.05) is 0 Å². The van der Waals surface area contributed by atoms with Gasteiger partial charge in [0.15, 0.2) is 0 Å². The molecule has 0 radical (unpaired) electrons. The Kier molecular flexibility index (Phi) is 5.01. The molecular formula is C14H29N3O. The molecule has 1 aliphatic carbocycles. The van der Waals surface area contributed by atoms with Crippen molar-refractivity contribution in [2.75, 3.05) is 45.9 Å². The topological polar surface area (TPSA) is 38.7 Å². The summed E-state index contributed by atoms with van der Waals surface area (Å²) in [5, 5.41) is 13.3. The first kappa shape index (κ1) is 14.3. The first-order valence-electron chi connectivity index (χ1n) is 7.55. The second kappa shape index (κ2) is 6.33. The highest BCUT2D eigenvalue weighted by Gasteiger charge is 2.42. The van der Waals surface area contributed by atoms with E-state index in [9.17, 15) is 5.11 Å². The minimum atomic E-state index is -0.0320. The molecule has 2 N–H and O–H groups in total. The zero-order valence-electron chi connectivity index (χ0n) is 12.0. The van der Waals surface area contributed by atoms with E-state index in [4.69, 9.17) is 0 Å². The molecule has 2 rings (SSSR count). The van der Waals surface area contributed by atoms with Gasteiger partial charge in [0.25, 0.3) is 0 Å². The van der Waals surface area contributed by atoms with Crippen LogP contribution < -0.4 is 5.32 Å².